The first-order valence-corrected chi connectivity index (χ1v) is 8.41. The fraction of sp³-hybridized carbons (Fsp3) is 0.611. The number of carbonyl (C=O) groups is 1. The maximum Gasteiger partial charge on any atom is 0.222 e. The molecular weight excluding hydrogens is 276 g/mol. The molecule has 2 atom stereocenters. The van der Waals surface area contributed by atoms with Gasteiger partial charge in [-0.25, -0.2) is 0 Å². The number of aryl methyl sites for hydroxylation is 1. The van der Waals surface area contributed by atoms with Crippen LogP contribution in [0, 0.1) is 0 Å². The summed E-state index contributed by atoms with van der Waals surface area (Å²) < 4.78 is 5.16. The van der Waals surface area contributed by atoms with Crippen molar-refractivity contribution in [2.75, 3.05) is 20.2 Å². The maximum absolute atomic E-state index is 12.4. The third-order valence-corrected chi connectivity index (χ3v) is 4.89. The van der Waals surface area contributed by atoms with Gasteiger partial charge in [0.05, 0.1) is 7.11 Å². The Hall–Kier alpha value is -1.55. The van der Waals surface area contributed by atoms with Crippen LogP contribution in [0.25, 0.3) is 0 Å². The van der Waals surface area contributed by atoms with E-state index in [1.807, 2.05) is 12.1 Å². The van der Waals surface area contributed by atoms with Crippen molar-refractivity contribution in [3.63, 3.8) is 0 Å². The van der Waals surface area contributed by atoms with Gasteiger partial charge >= 0.3 is 0 Å². The SMILES string of the molecule is COc1ccc(CCCC(=O)N2CCC3CCC(C2)N3)cc1. The van der Waals surface area contributed by atoms with E-state index in [1.165, 1.54) is 18.4 Å². The number of methoxy groups -OCH3 is 1. The number of nitrogens with one attached hydrogen (secondary N) is 1. The highest BCUT2D eigenvalue weighted by atomic mass is 16.5. The van der Waals surface area contributed by atoms with Crippen molar-refractivity contribution >= 4 is 5.91 Å². The average molecular weight is 302 g/mol. The van der Waals surface area contributed by atoms with E-state index in [-0.39, 0.29) is 0 Å². The second-order valence-electron chi connectivity index (χ2n) is 6.47. The van der Waals surface area contributed by atoms with Crippen molar-refractivity contribution in [2.24, 2.45) is 0 Å². The highest BCUT2D eigenvalue weighted by molar-refractivity contribution is 5.76. The van der Waals surface area contributed by atoms with Gasteiger partial charge in [0, 0.05) is 31.6 Å². The molecule has 0 aromatic heterocycles. The van der Waals surface area contributed by atoms with Crippen LogP contribution in [0.5, 0.6) is 5.75 Å². The van der Waals surface area contributed by atoms with Crippen molar-refractivity contribution in [1.82, 2.24) is 10.2 Å². The smallest absolute Gasteiger partial charge is 0.222 e. The Labute approximate surface area is 132 Å². The molecule has 1 aromatic rings. The Morgan fingerprint density at radius 3 is 2.77 bits per heavy atom. The van der Waals surface area contributed by atoms with Crippen LogP contribution >= 0.6 is 0 Å². The first kappa shape index (κ1) is 15.3. The Balaban J connectivity index is 1.43. The molecule has 1 amide bonds. The number of fused-ring (bicyclic) bond motifs is 2. The zero-order valence-electron chi connectivity index (χ0n) is 13.4. The van der Waals surface area contributed by atoms with E-state index in [2.05, 4.69) is 22.3 Å². The summed E-state index contributed by atoms with van der Waals surface area (Å²) >= 11 is 0. The zero-order valence-corrected chi connectivity index (χ0v) is 13.4. The van der Waals surface area contributed by atoms with Crippen molar-refractivity contribution in [3.8, 4) is 5.75 Å². The van der Waals surface area contributed by atoms with Crippen LogP contribution < -0.4 is 10.1 Å². The van der Waals surface area contributed by atoms with Crippen LogP contribution in [-0.4, -0.2) is 43.1 Å². The van der Waals surface area contributed by atoms with Crippen molar-refractivity contribution in [2.45, 2.75) is 50.6 Å². The largest absolute Gasteiger partial charge is 0.497 e. The van der Waals surface area contributed by atoms with Crippen LogP contribution in [0.15, 0.2) is 24.3 Å². The molecule has 2 saturated heterocycles. The molecule has 2 fully saturated rings. The van der Waals surface area contributed by atoms with Crippen LogP contribution in [0.3, 0.4) is 0 Å². The summed E-state index contributed by atoms with van der Waals surface area (Å²) in [4.78, 5) is 14.5. The fourth-order valence-electron chi connectivity index (χ4n) is 3.56. The molecule has 2 unspecified atom stereocenters. The summed E-state index contributed by atoms with van der Waals surface area (Å²) in [7, 11) is 1.68. The third-order valence-electron chi connectivity index (χ3n) is 4.89. The number of amides is 1. The molecule has 2 aliphatic heterocycles. The van der Waals surface area contributed by atoms with Gasteiger partial charge in [0.15, 0.2) is 0 Å². The summed E-state index contributed by atoms with van der Waals surface area (Å²) in [5.74, 6) is 1.20. The molecule has 0 spiro atoms. The van der Waals surface area contributed by atoms with E-state index < -0.39 is 0 Å². The van der Waals surface area contributed by atoms with Crippen LogP contribution in [0.1, 0.15) is 37.7 Å². The standard InChI is InChI=1S/C18H26N2O2/c1-22-17-9-5-14(6-10-17)3-2-4-18(21)20-12-11-15-7-8-16(13-20)19-15/h5-6,9-10,15-16,19H,2-4,7-8,11-13H2,1H3. The van der Waals surface area contributed by atoms with E-state index in [9.17, 15) is 4.79 Å². The van der Waals surface area contributed by atoms with Gasteiger partial charge in [0.1, 0.15) is 5.75 Å². The Morgan fingerprint density at radius 2 is 2.00 bits per heavy atom. The molecule has 0 aliphatic carbocycles. The predicted molar refractivity (Wildman–Crippen MR) is 87.1 cm³/mol. The number of nitrogens with zero attached hydrogens (tertiary/aromatic N) is 1. The topological polar surface area (TPSA) is 41.6 Å². The number of benzene rings is 1. The van der Waals surface area contributed by atoms with Gasteiger partial charge in [0.25, 0.3) is 0 Å². The first-order valence-electron chi connectivity index (χ1n) is 8.41. The normalized spacial score (nSPS) is 24.1. The molecule has 2 bridgehead atoms. The molecule has 120 valence electrons. The molecule has 4 heteroatoms. The molecular formula is C18H26N2O2. The molecule has 22 heavy (non-hydrogen) atoms. The van der Waals surface area contributed by atoms with Gasteiger partial charge < -0.3 is 15.0 Å². The van der Waals surface area contributed by atoms with E-state index in [0.29, 0.717) is 24.4 Å². The van der Waals surface area contributed by atoms with Crippen molar-refractivity contribution < 1.29 is 9.53 Å². The van der Waals surface area contributed by atoms with Gasteiger partial charge in [-0.3, -0.25) is 4.79 Å². The number of carbonyl (C=O) groups excluding carboxylic acids is 1. The van der Waals surface area contributed by atoms with E-state index >= 15 is 0 Å². The van der Waals surface area contributed by atoms with Crippen LogP contribution in [0.4, 0.5) is 0 Å². The summed E-state index contributed by atoms with van der Waals surface area (Å²) in [5, 5.41) is 3.62. The quantitative estimate of drug-likeness (QED) is 0.908. The van der Waals surface area contributed by atoms with Crippen molar-refractivity contribution in [3.05, 3.63) is 29.8 Å². The minimum absolute atomic E-state index is 0.322. The number of likely N-dealkylation sites (tertiary alicyclic amines) is 1. The molecule has 2 heterocycles. The Bertz CT molecular complexity index is 500. The van der Waals surface area contributed by atoms with Crippen LogP contribution in [-0.2, 0) is 11.2 Å². The molecule has 1 aromatic carbocycles. The average Bonchev–Trinajstić information content (AvgIpc) is 2.87. The summed E-state index contributed by atoms with van der Waals surface area (Å²) in [6.07, 6.45) is 6.14. The van der Waals surface area contributed by atoms with E-state index in [1.54, 1.807) is 7.11 Å². The highest BCUT2D eigenvalue weighted by Gasteiger charge is 2.30. The minimum Gasteiger partial charge on any atom is -0.497 e. The van der Waals surface area contributed by atoms with Gasteiger partial charge in [-0.1, -0.05) is 12.1 Å². The van der Waals surface area contributed by atoms with E-state index in [4.69, 9.17) is 4.74 Å². The lowest BCUT2D eigenvalue weighted by Crippen LogP contribution is -2.38. The second kappa shape index (κ2) is 7.14. The molecule has 0 saturated carbocycles. The van der Waals surface area contributed by atoms with Gasteiger partial charge in [0.2, 0.25) is 5.91 Å². The number of hydrogen-bond acceptors (Lipinski definition) is 3. The summed E-state index contributed by atoms with van der Waals surface area (Å²) in [5.41, 5.74) is 1.27. The van der Waals surface area contributed by atoms with E-state index in [0.717, 1.165) is 38.1 Å². The summed E-state index contributed by atoms with van der Waals surface area (Å²) in [6.45, 7) is 1.83. The maximum atomic E-state index is 12.4. The van der Waals surface area contributed by atoms with Gasteiger partial charge in [-0.05, 0) is 49.8 Å². The highest BCUT2D eigenvalue weighted by Crippen LogP contribution is 2.21. The molecule has 1 N–H and O–H groups in total. The second-order valence-corrected chi connectivity index (χ2v) is 6.47. The van der Waals surface area contributed by atoms with Crippen LogP contribution in [0.2, 0.25) is 0 Å². The number of rotatable bonds is 5. The Morgan fingerprint density at radius 1 is 1.23 bits per heavy atom. The molecule has 4 nitrogen and oxygen atoms in total. The predicted octanol–water partition coefficient (Wildman–Crippen LogP) is 2.37. The lowest BCUT2D eigenvalue weighted by atomic mass is 10.1. The minimum atomic E-state index is 0.322. The zero-order chi connectivity index (χ0) is 15.4. The number of ether oxygens (including phenoxy) is 1. The number of hydrogen-bond donors (Lipinski definition) is 1. The third kappa shape index (κ3) is 3.80. The lowest BCUT2D eigenvalue weighted by Gasteiger charge is -2.24. The monoisotopic (exact) mass is 302 g/mol. The van der Waals surface area contributed by atoms with Gasteiger partial charge in [-0.15, -0.1) is 0 Å². The molecule has 2 aliphatic rings. The Kier molecular flexibility index (Phi) is 4.98. The lowest BCUT2D eigenvalue weighted by molar-refractivity contribution is -0.131. The fourth-order valence-corrected chi connectivity index (χ4v) is 3.56. The first-order chi connectivity index (χ1) is 10.7. The molecule has 3 rings (SSSR count). The molecule has 0 radical (unpaired) electrons. The summed E-state index contributed by atoms with van der Waals surface area (Å²) in [6, 6.07) is 9.29. The van der Waals surface area contributed by atoms with Gasteiger partial charge in [-0.2, -0.15) is 0 Å². The van der Waals surface area contributed by atoms with Crippen molar-refractivity contribution in [1.29, 1.82) is 0 Å².